The molecule has 2 unspecified atom stereocenters. The van der Waals surface area contributed by atoms with Gasteiger partial charge in [-0.2, -0.15) is 30.0 Å². The molecule has 0 bridgehead atoms. The highest BCUT2D eigenvalue weighted by atomic mass is 32.2. The van der Waals surface area contributed by atoms with Gasteiger partial charge in [0.25, 0.3) is 0 Å². The Morgan fingerprint density at radius 3 is 2.46 bits per heavy atom. The highest BCUT2D eigenvalue weighted by molar-refractivity contribution is 8.00. The van der Waals surface area contributed by atoms with Crippen LogP contribution in [0, 0.1) is 17.3 Å². The van der Waals surface area contributed by atoms with Crippen molar-refractivity contribution >= 4 is 17.3 Å². The monoisotopic (exact) mass is 411 g/mol. The average molecular weight is 412 g/mol. The molecule has 2 atom stereocenters. The molecule has 2 saturated carbocycles. The Morgan fingerprint density at radius 2 is 1.96 bits per heavy atom. The summed E-state index contributed by atoms with van der Waals surface area (Å²) in [6.45, 7) is 9.70. The summed E-state index contributed by atoms with van der Waals surface area (Å²) in [4.78, 5) is 2.71. The summed E-state index contributed by atoms with van der Waals surface area (Å²) in [6.07, 6.45) is -0.698. The van der Waals surface area contributed by atoms with Crippen molar-refractivity contribution in [2.75, 3.05) is 24.6 Å². The van der Waals surface area contributed by atoms with Gasteiger partial charge < -0.3 is 0 Å². The van der Waals surface area contributed by atoms with Gasteiger partial charge in [-0.05, 0) is 57.6 Å². The Kier molecular flexibility index (Phi) is 4.27. The number of aromatic nitrogens is 2. The van der Waals surface area contributed by atoms with Crippen molar-refractivity contribution in [3.8, 4) is 0 Å². The first-order chi connectivity index (χ1) is 13.2. The van der Waals surface area contributed by atoms with Crippen LogP contribution in [0.1, 0.15) is 56.5 Å². The first-order valence-electron chi connectivity index (χ1n) is 10.4. The highest BCUT2D eigenvalue weighted by Gasteiger charge is 2.60. The van der Waals surface area contributed by atoms with Gasteiger partial charge in [-0.15, -0.1) is 0 Å². The number of alkyl halides is 3. The van der Waals surface area contributed by atoms with Crippen LogP contribution in [-0.2, 0) is 0 Å². The van der Waals surface area contributed by atoms with Crippen LogP contribution in [0.2, 0.25) is 0 Å². The standard InChI is InChI=1S/C21H28F3N3S/c1-12(2)27-18(8-17(25-27)13(3)21(22,23)24)19-15-6-14(7-16(15)19)26-5-4-20(9-26)10-28-11-20/h8,12,14-16,19H,3-7,9-11H2,1-2H3. The van der Waals surface area contributed by atoms with Gasteiger partial charge in [0.1, 0.15) is 0 Å². The molecule has 3 nitrogen and oxygen atoms in total. The van der Waals surface area contributed by atoms with E-state index in [1.165, 1.54) is 43.9 Å². The maximum absolute atomic E-state index is 13.1. The number of rotatable bonds is 4. The van der Waals surface area contributed by atoms with Gasteiger partial charge in [-0.3, -0.25) is 9.58 Å². The van der Waals surface area contributed by atoms with Gasteiger partial charge in [0.15, 0.2) is 0 Å². The van der Waals surface area contributed by atoms with E-state index < -0.39 is 11.7 Å². The van der Waals surface area contributed by atoms with E-state index in [9.17, 15) is 13.2 Å². The van der Waals surface area contributed by atoms with Crippen LogP contribution in [-0.4, -0.2) is 51.5 Å². The minimum atomic E-state index is -4.43. The largest absolute Gasteiger partial charge is 0.417 e. The molecule has 3 heterocycles. The average Bonchev–Trinajstić information content (AvgIpc) is 3.08. The van der Waals surface area contributed by atoms with Gasteiger partial charge >= 0.3 is 6.18 Å². The molecular formula is C21H28F3N3S. The molecule has 154 valence electrons. The number of hydrogen-bond donors (Lipinski definition) is 0. The van der Waals surface area contributed by atoms with E-state index in [0.29, 0.717) is 29.2 Å². The van der Waals surface area contributed by atoms with E-state index in [1.807, 2.05) is 13.8 Å². The van der Waals surface area contributed by atoms with Crippen molar-refractivity contribution in [2.24, 2.45) is 17.3 Å². The molecule has 2 saturated heterocycles. The summed E-state index contributed by atoms with van der Waals surface area (Å²) >= 11 is 2.07. The number of likely N-dealkylation sites (tertiary alicyclic amines) is 1. The minimum Gasteiger partial charge on any atom is -0.300 e. The van der Waals surface area contributed by atoms with E-state index >= 15 is 0 Å². The predicted octanol–water partition coefficient (Wildman–Crippen LogP) is 4.97. The van der Waals surface area contributed by atoms with Crippen LogP contribution in [0.4, 0.5) is 13.2 Å². The van der Waals surface area contributed by atoms with Gasteiger partial charge in [-0.25, -0.2) is 0 Å². The van der Waals surface area contributed by atoms with Crippen molar-refractivity contribution in [3.63, 3.8) is 0 Å². The number of hydrogen-bond acceptors (Lipinski definition) is 3. The second-order valence-corrected chi connectivity index (χ2v) is 10.6. The second kappa shape index (κ2) is 6.27. The number of allylic oxidation sites excluding steroid dienone is 1. The molecular weight excluding hydrogens is 383 g/mol. The lowest BCUT2D eigenvalue weighted by Gasteiger charge is -2.38. The third-order valence-corrected chi connectivity index (χ3v) is 9.10. The van der Waals surface area contributed by atoms with Crippen LogP contribution >= 0.6 is 11.8 Å². The van der Waals surface area contributed by atoms with Crippen LogP contribution in [0.25, 0.3) is 5.57 Å². The molecule has 5 rings (SSSR count). The molecule has 1 aromatic heterocycles. The summed E-state index contributed by atoms with van der Waals surface area (Å²) in [6, 6.07) is 2.39. The maximum atomic E-state index is 13.1. The fourth-order valence-electron chi connectivity index (χ4n) is 5.82. The van der Waals surface area contributed by atoms with Crippen molar-refractivity contribution in [1.29, 1.82) is 0 Å². The molecule has 1 spiro atoms. The van der Waals surface area contributed by atoms with Gasteiger partial charge in [0.05, 0.1) is 11.3 Å². The molecule has 1 aromatic rings. The van der Waals surface area contributed by atoms with Crippen molar-refractivity contribution in [2.45, 2.75) is 57.3 Å². The Balaban J connectivity index is 1.29. The van der Waals surface area contributed by atoms with Gasteiger partial charge in [-0.1, -0.05) is 6.58 Å². The van der Waals surface area contributed by atoms with Gasteiger partial charge in [0, 0.05) is 47.2 Å². The van der Waals surface area contributed by atoms with Crippen molar-refractivity contribution in [3.05, 3.63) is 24.0 Å². The van der Waals surface area contributed by atoms with E-state index in [0.717, 1.165) is 5.69 Å². The third-order valence-electron chi connectivity index (χ3n) is 7.47. The molecule has 0 N–H and O–H groups in total. The van der Waals surface area contributed by atoms with Gasteiger partial charge in [0.2, 0.25) is 0 Å². The summed E-state index contributed by atoms with van der Waals surface area (Å²) in [5.41, 5.74) is 0.733. The van der Waals surface area contributed by atoms with E-state index in [-0.39, 0.29) is 11.7 Å². The highest BCUT2D eigenvalue weighted by Crippen LogP contribution is 2.64. The molecule has 4 aliphatic rings. The Labute approximate surface area is 168 Å². The lowest BCUT2D eigenvalue weighted by Crippen LogP contribution is -2.41. The predicted molar refractivity (Wildman–Crippen MR) is 106 cm³/mol. The zero-order valence-corrected chi connectivity index (χ0v) is 17.3. The molecule has 2 aliphatic carbocycles. The minimum absolute atomic E-state index is 0.0123. The van der Waals surface area contributed by atoms with E-state index in [4.69, 9.17) is 0 Å². The van der Waals surface area contributed by atoms with Crippen LogP contribution < -0.4 is 0 Å². The second-order valence-electron chi connectivity index (χ2n) is 9.66. The fraction of sp³-hybridized carbons (Fsp3) is 0.762. The summed E-state index contributed by atoms with van der Waals surface area (Å²) in [5.74, 6) is 4.24. The molecule has 0 radical (unpaired) electrons. The smallest absolute Gasteiger partial charge is 0.300 e. The van der Waals surface area contributed by atoms with Crippen LogP contribution in [0.3, 0.4) is 0 Å². The molecule has 2 aliphatic heterocycles. The Hall–Kier alpha value is -0.950. The Bertz CT molecular complexity index is 783. The molecule has 4 fully saturated rings. The lowest BCUT2D eigenvalue weighted by molar-refractivity contribution is -0.0689. The lowest BCUT2D eigenvalue weighted by atomic mass is 9.91. The number of thioether (sulfide) groups is 1. The quantitative estimate of drug-likeness (QED) is 0.698. The van der Waals surface area contributed by atoms with Crippen LogP contribution in [0.15, 0.2) is 12.6 Å². The zero-order valence-electron chi connectivity index (χ0n) is 16.5. The number of fused-ring (bicyclic) bond motifs is 1. The first-order valence-corrected chi connectivity index (χ1v) is 11.5. The molecule has 7 heteroatoms. The molecule has 0 amide bonds. The maximum Gasteiger partial charge on any atom is 0.417 e. The van der Waals surface area contributed by atoms with E-state index in [1.54, 1.807) is 10.7 Å². The SMILES string of the molecule is C=C(c1cc(C2C3CC(N4CCC5(CSC5)C4)CC32)n(C(C)C)n1)C(F)(F)F. The van der Waals surface area contributed by atoms with E-state index in [2.05, 4.69) is 28.3 Å². The van der Waals surface area contributed by atoms with Crippen molar-refractivity contribution < 1.29 is 13.2 Å². The number of nitrogens with zero attached hydrogens (tertiary/aromatic N) is 3. The molecule has 28 heavy (non-hydrogen) atoms. The first kappa shape index (κ1) is 19.0. The summed E-state index contributed by atoms with van der Waals surface area (Å²) in [5, 5.41) is 4.28. The summed E-state index contributed by atoms with van der Waals surface area (Å²) < 4.78 is 41.1. The summed E-state index contributed by atoms with van der Waals surface area (Å²) in [7, 11) is 0. The molecule has 0 aromatic carbocycles. The van der Waals surface area contributed by atoms with Crippen LogP contribution in [0.5, 0.6) is 0 Å². The third kappa shape index (κ3) is 2.95. The normalized spacial score (nSPS) is 34.1. The fourth-order valence-corrected chi connectivity index (χ4v) is 7.07. The number of halogens is 3. The Morgan fingerprint density at radius 1 is 1.29 bits per heavy atom. The topological polar surface area (TPSA) is 21.1 Å². The van der Waals surface area contributed by atoms with Crippen molar-refractivity contribution in [1.82, 2.24) is 14.7 Å². The zero-order chi connectivity index (χ0) is 19.8.